The second-order valence-corrected chi connectivity index (χ2v) is 6.55. The van der Waals surface area contributed by atoms with Crippen LogP contribution in [0.25, 0.3) is 0 Å². The van der Waals surface area contributed by atoms with Crippen LogP contribution in [0, 0.1) is 0 Å². The third-order valence-electron chi connectivity index (χ3n) is 3.80. The summed E-state index contributed by atoms with van der Waals surface area (Å²) in [6, 6.07) is 2.91. The quantitative estimate of drug-likeness (QED) is 0.902. The summed E-state index contributed by atoms with van der Waals surface area (Å²) in [5.74, 6) is 0.138. The molecule has 4 nitrogen and oxygen atoms in total. The van der Waals surface area contributed by atoms with Crippen molar-refractivity contribution >= 4 is 17.2 Å². The van der Waals surface area contributed by atoms with Crippen LogP contribution < -0.4 is 5.32 Å². The van der Waals surface area contributed by atoms with Gasteiger partial charge in [-0.2, -0.15) is 11.3 Å². The van der Waals surface area contributed by atoms with Gasteiger partial charge in [-0.3, -0.25) is 14.6 Å². The topological polar surface area (TPSA) is 35.6 Å². The van der Waals surface area contributed by atoms with Gasteiger partial charge in [0.25, 0.3) is 0 Å². The van der Waals surface area contributed by atoms with Crippen LogP contribution in [0.3, 0.4) is 0 Å². The molecule has 1 aromatic rings. The largest absolute Gasteiger partial charge is 0.353 e. The highest BCUT2D eigenvalue weighted by Gasteiger charge is 2.23. The average Bonchev–Trinajstić information content (AvgIpc) is 2.91. The maximum atomic E-state index is 11.8. The van der Waals surface area contributed by atoms with Crippen molar-refractivity contribution in [3.05, 3.63) is 22.4 Å². The SMILES string of the molecule is CC(C)NC(=O)CN1CCN([C@@H](C)c2ccsc2)CC1. The van der Waals surface area contributed by atoms with E-state index < -0.39 is 0 Å². The van der Waals surface area contributed by atoms with Crippen molar-refractivity contribution in [2.45, 2.75) is 32.9 Å². The van der Waals surface area contributed by atoms with Crippen molar-refractivity contribution in [2.75, 3.05) is 32.7 Å². The van der Waals surface area contributed by atoms with Gasteiger partial charge >= 0.3 is 0 Å². The number of piperazine rings is 1. The summed E-state index contributed by atoms with van der Waals surface area (Å²) >= 11 is 1.76. The van der Waals surface area contributed by atoms with E-state index in [4.69, 9.17) is 0 Å². The summed E-state index contributed by atoms with van der Waals surface area (Å²) < 4.78 is 0. The van der Waals surface area contributed by atoms with Gasteiger partial charge in [-0.25, -0.2) is 0 Å². The first kappa shape index (κ1) is 15.5. The Kier molecular flexibility index (Phi) is 5.57. The minimum Gasteiger partial charge on any atom is -0.353 e. The predicted octanol–water partition coefficient (Wildman–Crippen LogP) is 1.95. The molecular formula is C15H25N3OS. The van der Waals surface area contributed by atoms with Crippen LogP contribution in [0.5, 0.6) is 0 Å². The van der Waals surface area contributed by atoms with Gasteiger partial charge in [-0.05, 0) is 43.2 Å². The number of carbonyl (C=O) groups excluding carboxylic acids is 1. The van der Waals surface area contributed by atoms with Gasteiger partial charge in [0.15, 0.2) is 0 Å². The average molecular weight is 295 g/mol. The Morgan fingerprint density at radius 3 is 2.55 bits per heavy atom. The molecule has 0 spiro atoms. The molecule has 1 atom stereocenters. The summed E-state index contributed by atoms with van der Waals surface area (Å²) in [6.45, 7) is 10.8. The van der Waals surface area contributed by atoms with Gasteiger partial charge in [0.05, 0.1) is 6.54 Å². The Bertz CT molecular complexity index is 411. The molecule has 1 aliphatic heterocycles. The van der Waals surface area contributed by atoms with E-state index in [1.165, 1.54) is 5.56 Å². The van der Waals surface area contributed by atoms with Gasteiger partial charge in [0.1, 0.15) is 0 Å². The van der Waals surface area contributed by atoms with Gasteiger partial charge in [0, 0.05) is 38.3 Å². The van der Waals surface area contributed by atoms with E-state index in [0.29, 0.717) is 12.6 Å². The molecule has 0 bridgehead atoms. The van der Waals surface area contributed by atoms with E-state index in [1.807, 2.05) is 13.8 Å². The molecule has 2 rings (SSSR count). The zero-order chi connectivity index (χ0) is 14.5. The molecule has 0 radical (unpaired) electrons. The van der Waals surface area contributed by atoms with Crippen molar-refractivity contribution < 1.29 is 4.79 Å². The van der Waals surface area contributed by atoms with Crippen LogP contribution in [0.15, 0.2) is 16.8 Å². The zero-order valence-electron chi connectivity index (χ0n) is 12.6. The normalized spacial score (nSPS) is 19.2. The van der Waals surface area contributed by atoms with Crippen molar-refractivity contribution in [3.63, 3.8) is 0 Å². The lowest BCUT2D eigenvalue weighted by atomic mass is 10.1. The monoisotopic (exact) mass is 295 g/mol. The molecule has 0 aromatic carbocycles. The molecule has 1 aliphatic rings. The molecule has 0 unspecified atom stereocenters. The third kappa shape index (κ3) is 4.30. The van der Waals surface area contributed by atoms with Crippen LogP contribution in [0.2, 0.25) is 0 Å². The van der Waals surface area contributed by atoms with Gasteiger partial charge in [-0.1, -0.05) is 0 Å². The highest BCUT2D eigenvalue weighted by molar-refractivity contribution is 7.07. The number of hydrogen-bond donors (Lipinski definition) is 1. The fourth-order valence-electron chi connectivity index (χ4n) is 2.60. The maximum absolute atomic E-state index is 11.8. The summed E-state index contributed by atoms with van der Waals surface area (Å²) in [6.07, 6.45) is 0. The van der Waals surface area contributed by atoms with Crippen LogP contribution >= 0.6 is 11.3 Å². The number of nitrogens with zero attached hydrogens (tertiary/aromatic N) is 2. The van der Waals surface area contributed by atoms with E-state index >= 15 is 0 Å². The van der Waals surface area contributed by atoms with Crippen LogP contribution in [0.4, 0.5) is 0 Å². The molecule has 5 heteroatoms. The Hall–Kier alpha value is -0.910. The van der Waals surface area contributed by atoms with E-state index in [2.05, 4.69) is 38.9 Å². The first-order valence-corrected chi connectivity index (χ1v) is 8.28. The van der Waals surface area contributed by atoms with E-state index in [1.54, 1.807) is 11.3 Å². The lowest BCUT2D eigenvalue weighted by Gasteiger charge is -2.37. The number of nitrogens with one attached hydrogen (secondary N) is 1. The van der Waals surface area contributed by atoms with Gasteiger partial charge in [-0.15, -0.1) is 0 Å². The van der Waals surface area contributed by atoms with Crippen LogP contribution in [-0.2, 0) is 4.79 Å². The number of rotatable bonds is 5. The van der Waals surface area contributed by atoms with E-state index in [9.17, 15) is 4.79 Å². The van der Waals surface area contributed by atoms with Crippen molar-refractivity contribution in [1.29, 1.82) is 0 Å². The summed E-state index contributed by atoms with van der Waals surface area (Å²) in [7, 11) is 0. The molecule has 112 valence electrons. The van der Waals surface area contributed by atoms with Crippen LogP contribution in [-0.4, -0.2) is 54.5 Å². The molecule has 1 fully saturated rings. The smallest absolute Gasteiger partial charge is 0.234 e. The lowest BCUT2D eigenvalue weighted by molar-refractivity contribution is -0.123. The van der Waals surface area contributed by atoms with E-state index in [0.717, 1.165) is 26.2 Å². The molecule has 1 amide bonds. The molecular weight excluding hydrogens is 270 g/mol. The number of amides is 1. The minimum absolute atomic E-state index is 0.138. The molecule has 0 saturated carbocycles. The molecule has 2 heterocycles. The highest BCUT2D eigenvalue weighted by Crippen LogP contribution is 2.23. The summed E-state index contributed by atoms with van der Waals surface area (Å²) in [4.78, 5) is 16.5. The molecule has 0 aliphatic carbocycles. The fourth-order valence-corrected chi connectivity index (χ4v) is 3.35. The standard InChI is InChI=1S/C15H25N3OS/c1-12(2)16-15(19)10-17-5-7-18(8-6-17)13(3)14-4-9-20-11-14/h4,9,11-13H,5-8,10H2,1-3H3,(H,16,19)/t13-/m0/s1. The van der Waals surface area contributed by atoms with Crippen molar-refractivity contribution in [1.82, 2.24) is 15.1 Å². The molecule has 1 N–H and O–H groups in total. The molecule has 1 aromatic heterocycles. The molecule has 20 heavy (non-hydrogen) atoms. The zero-order valence-corrected chi connectivity index (χ0v) is 13.4. The van der Waals surface area contributed by atoms with Gasteiger partial charge < -0.3 is 5.32 Å². The molecule has 1 saturated heterocycles. The Balaban J connectivity index is 1.76. The lowest BCUT2D eigenvalue weighted by Crippen LogP contribution is -2.50. The van der Waals surface area contributed by atoms with Gasteiger partial charge in [0.2, 0.25) is 5.91 Å². The third-order valence-corrected chi connectivity index (χ3v) is 4.50. The van der Waals surface area contributed by atoms with Crippen LogP contribution in [0.1, 0.15) is 32.4 Å². The Labute approximate surface area is 125 Å². The second kappa shape index (κ2) is 7.20. The fraction of sp³-hybridized carbons (Fsp3) is 0.667. The summed E-state index contributed by atoms with van der Waals surface area (Å²) in [5, 5.41) is 7.32. The first-order chi connectivity index (χ1) is 9.56. The first-order valence-electron chi connectivity index (χ1n) is 7.34. The van der Waals surface area contributed by atoms with Crippen molar-refractivity contribution in [2.24, 2.45) is 0 Å². The Morgan fingerprint density at radius 1 is 1.30 bits per heavy atom. The maximum Gasteiger partial charge on any atom is 0.234 e. The highest BCUT2D eigenvalue weighted by atomic mass is 32.1. The number of carbonyl (C=O) groups is 1. The summed E-state index contributed by atoms with van der Waals surface area (Å²) in [5.41, 5.74) is 1.40. The Morgan fingerprint density at radius 2 is 2.00 bits per heavy atom. The minimum atomic E-state index is 0.138. The second-order valence-electron chi connectivity index (χ2n) is 5.77. The van der Waals surface area contributed by atoms with E-state index in [-0.39, 0.29) is 11.9 Å². The predicted molar refractivity (Wildman–Crippen MR) is 84.0 cm³/mol. The van der Waals surface area contributed by atoms with Crippen molar-refractivity contribution in [3.8, 4) is 0 Å². The number of thiophene rings is 1. The number of hydrogen-bond acceptors (Lipinski definition) is 4.